The van der Waals surface area contributed by atoms with Gasteiger partial charge in [0.05, 0.1) is 19.5 Å². The van der Waals surface area contributed by atoms with E-state index < -0.39 is 83.4 Å². The van der Waals surface area contributed by atoms with Crippen molar-refractivity contribution < 1.29 is 81.7 Å². The third-order valence-electron chi connectivity index (χ3n) is 4.11. The molecule has 0 unspecified atom stereocenters. The summed E-state index contributed by atoms with van der Waals surface area (Å²) in [5.41, 5.74) is -1.21. The van der Waals surface area contributed by atoms with Gasteiger partial charge in [-0.1, -0.05) is 13.8 Å². The van der Waals surface area contributed by atoms with Crippen molar-refractivity contribution in [1.82, 2.24) is 0 Å². The lowest BCUT2D eigenvalue weighted by Gasteiger charge is -2.48. The molecule has 0 saturated carbocycles. The monoisotopic (exact) mass is 583 g/mol. The SMILES string of the molecule is CCC[N+](CCC)(C(P(=O)(O)O)P(=O)(O)O)C(P(=O)(O)O)P(=O)(O)O.N[C@@H](CC(=O)O)C(=O)O. The maximum atomic E-state index is 11.8. The minimum absolute atomic E-state index is 0.118. The van der Waals surface area contributed by atoms with Crippen LogP contribution in [0, 0.1) is 0 Å². The van der Waals surface area contributed by atoms with Crippen LogP contribution in [0.1, 0.15) is 33.1 Å². The molecular weight excluding hydrogens is 552 g/mol. The van der Waals surface area contributed by atoms with E-state index in [0.29, 0.717) is 0 Å². The molecule has 0 saturated heterocycles. The first kappa shape index (κ1) is 35.6. The molecule has 18 nitrogen and oxygen atoms in total. The van der Waals surface area contributed by atoms with Gasteiger partial charge in [-0.05, 0) is 12.8 Å². The molecule has 204 valence electrons. The number of nitrogens with zero attached hydrogens (tertiary/aromatic N) is 1. The third kappa shape index (κ3) is 11.0. The molecule has 34 heavy (non-hydrogen) atoms. The van der Waals surface area contributed by atoms with Gasteiger partial charge in [0.25, 0.3) is 11.0 Å². The van der Waals surface area contributed by atoms with E-state index >= 15 is 0 Å². The molecular formula is C12H31N2O16P4+. The Labute approximate surface area is 193 Å². The number of carboxylic acids is 2. The first-order chi connectivity index (χ1) is 14.9. The van der Waals surface area contributed by atoms with E-state index in [0.717, 1.165) is 0 Å². The largest absolute Gasteiger partial charge is 0.481 e. The van der Waals surface area contributed by atoms with E-state index in [1.54, 1.807) is 0 Å². The summed E-state index contributed by atoms with van der Waals surface area (Å²) in [6, 6.07) is -1.29. The molecule has 0 aromatic carbocycles. The molecule has 0 aliphatic carbocycles. The highest BCUT2D eigenvalue weighted by Crippen LogP contribution is 2.72. The van der Waals surface area contributed by atoms with Crippen LogP contribution in [-0.2, 0) is 27.8 Å². The van der Waals surface area contributed by atoms with Gasteiger partial charge in [-0.25, -0.2) is 0 Å². The second-order valence-corrected chi connectivity index (χ2v) is 14.6. The van der Waals surface area contributed by atoms with E-state index in [1.807, 2.05) is 0 Å². The highest BCUT2D eigenvalue weighted by molar-refractivity contribution is 7.72. The molecule has 0 bridgehead atoms. The van der Waals surface area contributed by atoms with Crippen LogP contribution in [0.25, 0.3) is 0 Å². The van der Waals surface area contributed by atoms with Crippen molar-refractivity contribution in [3.63, 3.8) is 0 Å². The molecule has 0 heterocycles. The molecule has 0 aliphatic rings. The highest BCUT2D eigenvalue weighted by Gasteiger charge is 2.68. The van der Waals surface area contributed by atoms with Gasteiger partial charge in [-0.3, -0.25) is 32.3 Å². The van der Waals surface area contributed by atoms with Gasteiger partial charge >= 0.3 is 42.3 Å². The van der Waals surface area contributed by atoms with Crippen LogP contribution in [0.3, 0.4) is 0 Å². The summed E-state index contributed by atoms with van der Waals surface area (Å²) in [5, 5.41) is 16.0. The fraction of sp³-hybridized carbons (Fsp3) is 0.833. The highest BCUT2D eigenvalue weighted by atomic mass is 31.2. The Balaban J connectivity index is 0. The van der Waals surface area contributed by atoms with Crippen molar-refractivity contribution in [2.75, 3.05) is 13.1 Å². The number of hydrogen-bond acceptors (Lipinski definition) is 7. The first-order valence-electron chi connectivity index (χ1n) is 9.17. The van der Waals surface area contributed by atoms with Crippen molar-refractivity contribution in [2.45, 2.75) is 50.2 Å². The number of carbonyl (C=O) groups is 2. The number of rotatable bonds is 13. The van der Waals surface area contributed by atoms with E-state index in [2.05, 4.69) is 0 Å². The van der Waals surface area contributed by atoms with Crippen molar-refractivity contribution in [2.24, 2.45) is 5.73 Å². The predicted molar refractivity (Wildman–Crippen MR) is 114 cm³/mol. The van der Waals surface area contributed by atoms with Crippen LogP contribution in [-0.4, -0.2) is 96.0 Å². The van der Waals surface area contributed by atoms with Gasteiger partial charge in [-0.15, -0.1) is 0 Å². The number of hydrogen-bond donors (Lipinski definition) is 11. The Morgan fingerprint density at radius 1 is 0.706 bits per heavy atom. The zero-order valence-electron chi connectivity index (χ0n) is 18.0. The number of nitrogens with two attached hydrogens (primary N) is 1. The van der Waals surface area contributed by atoms with Crippen molar-refractivity contribution in [3.05, 3.63) is 0 Å². The third-order valence-corrected chi connectivity index (χ3v) is 12.0. The average molecular weight is 583 g/mol. The minimum atomic E-state index is -5.75. The van der Waals surface area contributed by atoms with E-state index in [-0.39, 0.29) is 12.8 Å². The Morgan fingerprint density at radius 3 is 1.09 bits per heavy atom. The molecule has 0 aliphatic heterocycles. The molecule has 12 N–H and O–H groups in total. The molecule has 1 atom stereocenters. The van der Waals surface area contributed by atoms with E-state index in [9.17, 15) is 67.0 Å². The van der Waals surface area contributed by atoms with Gasteiger partial charge < -0.3 is 55.1 Å². The van der Waals surface area contributed by atoms with Crippen LogP contribution < -0.4 is 5.73 Å². The Bertz CT molecular complexity index is 786. The van der Waals surface area contributed by atoms with E-state index in [1.165, 1.54) is 13.8 Å². The van der Waals surface area contributed by atoms with Crippen molar-refractivity contribution >= 4 is 42.3 Å². The lowest BCUT2D eigenvalue weighted by Crippen LogP contribution is -2.61. The summed E-state index contributed by atoms with van der Waals surface area (Å²) in [4.78, 5) is 95.5. The molecule has 22 heteroatoms. The second-order valence-electron chi connectivity index (χ2n) is 7.14. The normalized spacial score (nSPS) is 14.5. The summed E-state index contributed by atoms with van der Waals surface area (Å²) in [6.45, 7) is 1.37. The zero-order valence-corrected chi connectivity index (χ0v) is 21.6. The Hall–Kier alpha value is -0.540. The predicted octanol–water partition coefficient (Wildman–Crippen LogP) is -1.23. The summed E-state index contributed by atoms with van der Waals surface area (Å²) < 4.78 is 45.5. The standard InChI is InChI=1S/C8H23NO12P4.C4H7NO4/c1-3-5-9(6-4-2,7(22(10,11)12)23(13,14)15)8(24(16,17)18)25(19,20)21;5-2(4(8)9)1-3(6)7/h7-8H,3-6H2,1-2H3,(H7-,10,11,12,13,14,15,16,17,18,19,20,21);2H,1,5H2,(H,6,7)(H,8,9)/p+1/t;2-/m.0/s1. The Kier molecular flexibility index (Phi) is 13.8. The van der Waals surface area contributed by atoms with Gasteiger partial charge in [-0.2, -0.15) is 0 Å². The van der Waals surface area contributed by atoms with Crippen LogP contribution >= 0.6 is 30.4 Å². The summed E-state index contributed by atoms with van der Waals surface area (Å²) >= 11 is 0. The molecule has 0 amide bonds. The fourth-order valence-electron chi connectivity index (χ4n) is 3.39. The zero-order chi connectivity index (χ0) is 27.9. The van der Waals surface area contributed by atoms with Gasteiger partial charge in [0, 0.05) is 0 Å². The summed E-state index contributed by atoms with van der Waals surface area (Å²) in [7, 11) is -23.0. The maximum Gasteiger partial charge on any atom is 0.395 e. The molecule has 0 aromatic rings. The van der Waals surface area contributed by atoms with Gasteiger partial charge in [0.2, 0.25) is 0 Å². The summed E-state index contributed by atoms with van der Waals surface area (Å²) in [6.07, 6.45) is -0.769. The average Bonchev–Trinajstić information content (AvgIpc) is 2.49. The fourth-order valence-corrected chi connectivity index (χ4v) is 10.8. The topological polar surface area (TPSA) is 331 Å². The lowest BCUT2D eigenvalue weighted by molar-refractivity contribution is -0.930. The summed E-state index contributed by atoms with van der Waals surface area (Å²) in [5.74, 6) is -2.50. The molecule has 0 radical (unpaired) electrons. The minimum Gasteiger partial charge on any atom is -0.481 e. The number of quaternary nitrogens is 1. The van der Waals surface area contributed by atoms with E-state index in [4.69, 9.17) is 15.9 Å². The van der Waals surface area contributed by atoms with Crippen LogP contribution in [0.15, 0.2) is 0 Å². The molecule has 0 rings (SSSR count). The van der Waals surface area contributed by atoms with Crippen LogP contribution in [0.4, 0.5) is 0 Å². The van der Waals surface area contributed by atoms with Gasteiger partial charge in [0.1, 0.15) is 6.04 Å². The number of carboxylic acid groups (broad SMARTS) is 2. The molecule has 0 aromatic heterocycles. The number of aliphatic carboxylic acids is 2. The quantitative estimate of drug-likeness (QED) is 0.0893. The second kappa shape index (κ2) is 13.1. The molecule has 0 spiro atoms. The van der Waals surface area contributed by atoms with Crippen molar-refractivity contribution in [3.8, 4) is 0 Å². The van der Waals surface area contributed by atoms with Gasteiger partial charge in [0.15, 0.2) is 0 Å². The Morgan fingerprint density at radius 2 is 0.971 bits per heavy atom. The smallest absolute Gasteiger partial charge is 0.395 e. The lowest BCUT2D eigenvalue weighted by atomic mass is 10.2. The maximum absolute atomic E-state index is 11.8. The van der Waals surface area contributed by atoms with Crippen LogP contribution in [0.2, 0.25) is 0 Å². The first-order valence-corrected chi connectivity index (χ1v) is 15.9. The molecule has 0 fully saturated rings. The van der Waals surface area contributed by atoms with Crippen molar-refractivity contribution in [1.29, 1.82) is 0 Å². The van der Waals surface area contributed by atoms with Crippen LogP contribution in [0.5, 0.6) is 0 Å².